The molecule has 39 heavy (non-hydrogen) atoms. The highest BCUT2D eigenvalue weighted by Crippen LogP contribution is 2.32. The van der Waals surface area contributed by atoms with Gasteiger partial charge in [0.1, 0.15) is 0 Å². The molecule has 2 atom stereocenters. The number of fused-ring (bicyclic) bond motifs is 1. The monoisotopic (exact) mass is 591 g/mol. The average Bonchev–Trinajstić information content (AvgIpc) is 2.92. The molecule has 4 rings (SSSR count). The molecule has 1 amide bonds. The van der Waals surface area contributed by atoms with Gasteiger partial charge < -0.3 is 10.1 Å². The number of ether oxygens (including phenoxy) is 1. The van der Waals surface area contributed by atoms with Gasteiger partial charge >= 0.3 is 5.97 Å². The van der Waals surface area contributed by atoms with Crippen LogP contribution in [0, 0.1) is 6.92 Å². The van der Waals surface area contributed by atoms with Crippen LogP contribution in [0.3, 0.4) is 0 Å². The van der Waals surface area contributed by atoms with Gasteiger partial charge in [0.25, 0.3) is 5.91 Å². The smallest absolute Gasteiger partial charge is 0.309 e. The van der Waals surface area contributed by atoms with Crippen molar-refractivity contribution in [1.29, 1.82) is 0 Å². The summed E-state index contributed by atoms with van der Waals surface area (Å²) in [7, 11) is 0. The second-order valence-electron chi connectivity index (χ2n) is 9.81. The number of aromatic nitrogens is 2. The number of halogens is 2. The van der Waals surface area contributed by atoms with E-state index in [0.717, 1.165) is 21.3 Å². The van der Waals surface area contributed by atoms with Crippen molar-refractivity contribution in [2.45, 2.75) is 51.8 Å². The minimum absolute atomic E-state index is 0.0839. The molecule has 0 fully saturated rings. The number of rotatable bonds is 10. The fraction of sp³-hybridized carbons (Fsp3) is 0.290. The molecule has 2 aromatic carbocycles. The second-order valence-corrected chi connectivity index (χ2v) is 10.7. The standard InChI is InChI=1S/C31H31BrFN3O3/c1-4-10-26(33)39-27(37)18-31(3,25-13-8-9-16-34-25)19-35-30(38)28-20(2)29(21-11-6-5-7-12-21)36-24-15-14-22(32)17-23(24)28/h5-9,11-17,26H,4,10,18-19H2,1-3H3,(H,35,38). The largest absolute Gasteiger partial charge is 0.431 e. The zero-order chi connectivity index (χ0) is 28.0. The maximum absolute atomic E-state index is 14.0. The lowest BCUT2D eigenvalue weighted by Gasteiger charge is -2.29. The summed E-state index contributed by atoms with van der Waals surface area (Å²) >= 11 is 3.51. The lowest BCUT2D eigenvalue weighted by molar-refractivity contribution is -0.159. The number of benzene rings is 2. The summed E-state index contributed by atoms with van der Waals surface area (Å²) in [6.45, 7) is 5.60. The van der Waals surface area contributed by atoms with Gasteiger partial charge in [0, 0.05) is 45.7 Å². The zero-order valence-electron chi connectivity index (χ0n) is 22.2. The quantitative estimate of drug-likeness (QED) is 0.199. The van der Waals surface area contributed by atoms with Crippen LogP contribution >= 0.6 is 15.9 Å². The third-order valence-corrected chi connectivity index (χ3v) is 7.19. The molecule has 2 aromatic heterocycles. The number of amides is 1. The number of alkyl halides is 1. The van der Waals surface area contributed by atoms with Crippen LogP contribution < -0.4 is 5.32 Å². The molecular formula is C31H31BrFN3O3. The first-order valence-electron chi connectivity index (χ1n) is 12.9. The Bertz CT molecular complexity index is 1470. The Morgan fingerprint density at radius 2 is 1.85 bits per heavy atom. The first-order valence-corrected chi connectivity index (χ1v) is 13.7. The number of nitrogens with zero attached hydrogens (tertiary/aromatic N) is 2. The van der Waals surface area contributed by atoms with E-state index in [0.29, 0.717) is 28.6 Å². The molecule has 0 aliphatic heterocycles. The van der Waals surface area contributed by atoms with Crippen LogP contribution in [0.1, 0.15) is 54.7 Å². The summed E-state index contributed by atoms with van der Waals surface area (Å²) in [5.41, 5.74) is 3.21. The van der Waals surface area contributed by atoms with E-state index < -0.39 is 17.7 Å². The minimum atomic E-state index is -1.66. The van der Waals surface area contributed by atoms with Gasteiger partial charge in [-0.1, -0.05) is 66.2 Å². The fourth-order valence-corrected chi connectivity index (χ4v) is 4.98. The molecule has 0 aliphatic carbocycles. The van der Waals surface area contributed by atoms with Crippen molar-refractivity contribution in [1.82, 2.24) is 15.3 Å². The van der Waals surface area contributed by atoms with Crippen molar-refractivity contribution < 1.29 is 18.7 Å². The Morgan fingerprint density at radius 3 is 2.54 bits per heavy atom. The highest BCUT2D eigenvalue weighted by Gasteiger charge is 2.34. The van der Waals surface area contributed by atoms with Gasteiger partial charge in [-0.05, 0) is 49.2 Å². The molecule has 202 valence electrons. The van der Waals surface area contributed by atoms with Gasteiger partial charge in [-0.3, -0.25) is 14.6 Å². The van der Waals surface area contributed by atoms with E-state index in [1.807, 2.05) is 75.4 Å². The zero-order valence-corrected chi connectivity index (χ0v) is 23.8. The lowest BCUT2D eigenvalue weighted by atomic mass is 9.82. The summed E-state index contributed by atoms with van der Waals surface area (Å²) in [4.78, 5) is 35.8. The normalized spacial score (nSPS) is 13.5. The summed E-state index contributed by atoms with van der Waals surface area (Å²) in [6.07, 6.45) is 0.509. The molecule has 2 heterocycles. The predicted molar refractivity (Wildman–Crippen MR) is 154 cm³/mol. The van der Waals surface area contributed by atoms with E-state index >= 15 is 0 Å². The van der Waals surface area contributed by atoms with E-state index in [-0.39, 0.29) is 25.3 Å². The molecule has 1 N–H and O–H groups in total. The van der Waals surface area contributed by atoms with Gasteiger partial charge in [-0.25, -0.2) is 9.37 Å². The second kappa shape index (κ2) is 12.5. The molecule has 6 nitrogen and oxygen atoms in total. The van der Waals surface area contributed by atoms with Crippen molar-refractivity contribution in [3.63, 3.8) is 0 Å². The maximum Gasteiger partial charge on any atom is 0.309 e. The number of nitrogens with one attached hydrogen (secondary N) is 1. The Kier molecular flexibility index (Phi) is 9.07. The van der Waals surface area contributed by atoms with Gasteiger partial charge in [-0.15, -0.1) is 0 Å². The summed E-state index contributed by atoms with van der Waals surface area (Å²) in [5, 5.41) is 3.74. The van der Waals surface area contributed by atoms with E-state index in [1.165, 1.54) is 0 Å². The van der Waals surface area contributed by atoms with Crippen molar-refractivity contribution >= 4 is 38.7 Å². The summed E-state index contributed by atoms with van der Waals surface area (Å²) < 4.78 is 19.9. The van der Waals surface area contributed by atoms with E-state index in [4.69, 9.17) is 9.72 Å². The van der Waals surface area contributed by atoms with Gasteiger partial charge in [-0.2, -0.15) is 0 Å². The SMILES string of the molecule is CCCC(F)OC(=O)CC(C)(CNC(=O)c1c(C)c(-c2ccccc2)nc2ccc(Br)cc12)c1ccccn1. The molecule has 8 heteroatoms. The van der Waals surface area contributed by atoms with Crippen LogP contribution in [0.15, 0.2) is 77.4 Å². The van der Waals surface area contributed by atoms with Crippen LogP contribution in [0.2, 0.25) is 0 Å². The first-order chi connectivity index (χ1) is 18.7. The maximum atomic E-state index is 14.0. The van der Waals surface area contributed by atoms with Crippen LogP contribution in [0.5, 0.6) is 0 Å². The molecule has 0 saturated heterocycles. The molecule has 0 aliphatic rings. The van der Waals surface area contributed by atoms with E-state index in [2.05, 4.69) is 26.2 Å². The van der Waals surface area contributed by atoms with Gasteiger partial charge in [0.2, 0.25) is 6.36 Å². The van der Waals surface area contributed by atoms with Crippen LogP contribution in [0.4, 0.5) is 4.39 Å². The third-order valence-electron chi connectivity index (χ3n) is 6.70. The number of carbonyl (C=O) groups excluding carboxylic acids is 2. The third kappa shape index (κ3) is 6.68. The number of esters is 1. The lowest BCUT2D eigenvalue weighted by Crippen LogP contribution is -2.41. The van der Waals surface area contributed by atoms with Crippen LogP contribution in [-0.4, -0.2) is 34.7 Å². The number of hydrogen-bond acceptors (Lipinski definition) is 5. The van der Waals surface area contributed by atoms with Crippen molar-refractivity contribution in [3.05, 3.63) is 94.2 Å². The van der Waals surface area contributed by atoms with Crippen molar-refractivity contribution in [2.75, 3.05) is 6.54 Å². The van der Waals surface area contributed by atoms with Crippen molar-refractivity contribution in [3.8, 4) is 11.3 Å². The molecule has 0 saturated carbocycles. The van der Waals surface area contributed by atoms with E-state index in [9.17, 15) is 14.0 Å². The van der Waals surface area contributed by atoms with Gasteiger partial charge in [0.05, 0.1) is 23.2 Å². The van der Waals surface area contributed by atoms with E-state index in [1.54, 1.807) is 18.3 Å². The Balaban J connectivity index is 1.68. The molecule has 0 bridgehead atoms. The molecule has 0 radical (unpaired) electrons. The molecule has 4 aromatic rings. The molecule has 0 spiro atoms. The highest BCUT2D eigenvalue weighted by molar-refractivity contribution is 9.10. The number of carbonyl (C=O) groups is 2. The Labute approximate surface area is 236 Å². The highest BCUT2D eigenvalue weighted by atomic mass is 79.9. The van der Waals surface area contributed by atoms with Gasteiger partial charge in [0.15, 0.2) is 0 Å². The average molecular weight is 593 g/mol. The first kappa shape index (κ1) is 28.4. The molecular weight excluding hydrogens is 561 g/mol. The Morgan fingerprint density at radius 1 is 1.10 bits per heavy atom. The Hall–Kier alpha value is -3.65. The van der Waals surface area contributed by atoms with Crippen molar-refractivity contribution in [2.24, 2.45) is 0 Å². The summed E-state index contributed by atoms with van der Waals surface area (Å²) in [6, 6.07) is 20.7. The predicted octanol–water partition coefficient (Wildman–Crippen LogP) is 7.08. The topological polar surface area (TPSA) is 81.2 Å². The minimum Gasteiger partial charge on any atom is -0.431 e. The number of hydrogen-bond donors (Lipinski definition) is 1. The number of pyridine rings is 2. The van der Waals surface area contributed by atoms with Crippen LogP contribution in [-0.2, 0) is 14.9 Å². The van der Waals surface area contributed by atoms with Crippen LogP contribution in [0.25, 0.3) is 22.2 Å². The summed E-state index contributed by atoms with van der Waals surface area (Å²) in [5.74, 6) is -0.987. The molecule has 2 unspecified atom stereocenters. The fourth-order valence-electron chi connectivity index (χ4n) is 4.62.